The monoisotopic (exact) mass is 328 g/mol. The van der Waals surface area contributed by atoms with Crippen LogP contribution >= 0.6 is 15.9 Å². The molecule has 2 rings (SSSR count). The fraction of sp³-hybridized carbons (Fsp3) is 0.417. The Bertz CT molecular complexity index is 529. The van der Waals surface area contributed by atoms with Gasteiger partial charge in [-0.05, 0) is 41.3 Å². The molecule has 102 valence electrons. The van der Waals surface area contributed by atoms with Crippen molar-refractivity contribution in [3.05, 3.63) is 21.8 Å². The summed E-state index contributed by atoms with van der Waals surface area (Å²) in [6, 6.07) is 1.35. The highest BCUT2D eigenvalue weighted by molar-refractivity contribution is 9.10. The van der Waals surface area contributed by atoms with E-state index in [-0.39, 0.29) is 23.1 Å². The van der Waals surface area contributed by atoms with Gasteiger partial charge in [-0.3, -0.25) is 9.59 Å². The number of aliphatic hydroxyl groups excluding tert-OH is 1. The van der Waals surface area contributed by atoms with Gasteiger partial charge in [0, 0.05) is 5.56 Å². The zero-order chi connectivity index (χ0) is 14.0. The molecule has 1 fully saturated rings. The molecule has 1 heterocycles. The Kier molecular flexibility index (Phi) is 4.16. The number of pyridine rings is 1. The maximum atomic E-state index is 11.7. The first kappa shape index (κ1) is 14.0. The number of halogens is 1. The Morgan fingerprint density at radius 1 is 1.53 bits per heavy atom. The van der Waals surface area contributed by atoms with E-state index in [1.807, 2.05) is 0 Å². The Hall–Kier alpha value is -1.47. The summed E-state index contributed by atoms with van der Waals surface area (Å²) in [5.41, 5.74) is 5.23. The Morgan fingerprint density at radius 2 is 2.21 bits per heavy atom. The van der Waals surface area contributed by atoms with Crippen LogP contribution in [0.2, 0.25) is 0 Å². The van der Waals surface area contributed by atoms with E-state index in [0.717, 1.165) is 19.3 Å². The van der Waals surface area contributed by atoms with Gasteiger partial charge in [-0.1, -0.05) is 0 Å². The van der Waals surface area contributed by atoms with Crippen LogP contribution in [0.15, 0.2) is 10.7 Å². The van der Waals surface area contributed by atoms with Crippen molar-refractivity contribution in [2.24, 2.45) is 5.73 Å². The number of Topliss-reactive ketones (excluding diaryl/α,β-unsaturated/α-hetero) is 1. The first-order valence-electron chi connectivity index (χ1n) is 5.84. The van der Waals surface area contributed by atoms with Gasteiger partial charge in [0.1, 0.15) is 22.9 Å². The molecular formula is C12H13BrN2O4. The van der Waals surface area contributed by atoms with Gasteiger partial charge in [0.05, 0.1) is 0 Å². The molecule has 0 saturated heterocycles. The molecule has 19 heavy (non-hydrogen) atoms. The third-order valence-corrected chi connectivity index (χ3v) is 3.38. The second-order valence-electron chi connectivity index (χ2n) is 4.29. The first-order chi connectivity index (χ1) is 9.02. The number of carbonyl (C=O) groups is 2. The molecule has 3 N–H and O–H groups in total. The molecule has 0 radical (unpaired) electrons. The molecule has 1 saturated carbocycles. The Labute approximate surface area is 118 Å². The summed E-state index contributed by atoms with van der Waals surface area (Å²) in [5.74, 6) is -1.36. The van der Waals surface area contributed by atoms with Crippen molar-refractivity contribution in [2.75, 3.05) is 6.61 Å². The predicted octanol–water partition coefficient (Wildman–Crippen LogP) is 1.05. The summed E-state index contributed by atoms with van der Waals surface area (Å²) in [6.07, 6.45) is 2.83. The molecule has 0 spiro atoms. The van der Waals surface area contributed by atoms with Crippen LogP contribution in [0.4, 0.5) is 0 Å². The summed E-state index contributed by atoms with van der Waals surface area (Å²) in [6.45, 7) is -0.709. The van der Waals surface area contributed by atoms with Crippen molar-refractivity contribution < 1.29 is 19.4 Å². The topological polar surface area (TPSA) is 103 Å². The van der Waals surface area contributed by atoms with Crippen LogP contribution < -0.4 is 10.5 Å². The van der Waals surface area contributed by atoms with E-state index >= 15 is 0 Å². The Balaban J connectivity index is 2.47. The highest BCUT2D eigenvalue weighted by Gasteiger charge is 2.26. The van der Waals surface area contributed by atoms with Crippen LogP contribution in [0, 0.1) is 0 Å². The molecule has 1 aliphatic rings. The van der Waals surface area contributed by atoms with Crippen molar-refractivity contribution in [3.8, 4) is 5.88 Å². The van der Waals surface area contributed by atoms with Gasteiger partial charge in [0.15, 0.2) is 5.78 Å². The van der Waals surface area contributed by atoms with E-state index in [9.17, 15) is 9.59 Å². The van der Waals surface area contributed by atoms with E-state index in [2.05, 4.69) is 20.9 Å². The number of hydrogen-bond donors (Lipinski definition) is 2. The molecule has 1 amide bonds. The van der Waals surface area contributed by atoms with E-state index in [4.69, 9.17) is 15.6 Å². The van der Waals surface area contributed by atoms with Crippen LogP contribution in [-0.4, -0.2) is 34.5 Å². The SMILES string of the molecule is NC(=O)c1c(C(=O)CO)cc(Br)nc1OC1CCC1. The maximum absolute atomic E-state index is 11.7. The molecule has 1 aromatic heterocycles. The smallest absolute Gasteiger partial charge is 0.254 e. The van der Waals surface area contributed by atoms with E-state index in [1.165, 1.54) is 6.07 Å². The third kappa shape index (κ3) is 2.93. The lowest BCUT2D eigenvalue weighted by atomic mass is 9.96. The summed E-state index contributed by atoms with van der Waals surface area (Å²) >= 11 is 3.15. The number of aliphatic hydroxyl groups is 1. The average molecular weight is 329 g/mol. The second kappa shape index (κ2) is 5.66. The van der Waals surface area contributed by atoms with Crippen LogP contribution in [-0.2, 0) is 0 Å². The molecule has 0 unspecified atom stereocenters. The zero-order valence-corrected chi connectivity index (χ0v) is 11.6. The lowest BCUT2D eigenvalue weighted by molar-refractivity contribution is 0.0880. The minimum atomic E-state index is -0.800. The molecule has 0 bridgehead atoms. The fourth-order valence-corrected chi connectivity index (χ4v) is 2.16. The van der Waals surface area contributed by atoms with Gasteiger partial charge in [-0.2, -0.15) is 0 Å². The number of hydrogen-bond acceptors (Lipinski definition) is 5. The van der Waals surface area contributed by atoms with Crippen LogP contribution in [0.5, 0.6) is 5.88 Å². The molecule has 7 heteroatoms. The van der Waals surface area contributed by atoms with Gasteiger partial charge < -0.3 is 15.6 Å². The van der Waals surface area contributed by atoms with Gasteiger partial charge in [-0.25, -0.2) is 4.98 Å². The first-order valence-corrected chi connectivity index (χ1v) is 6.63. The molecule has 1 aromatic rings. The molecule has 0 atom stereocenters. The van der Waals surface area contributed by atoms with Crippen molar-refractivity contribution in [3.63, 3.8) is 0 Å². The van der Waals surface area contributed by atoms with Crippen molar-refractivity contribution in [1.29, 1.82) is 0 Å². The summed E-state index contributed by atoms with van der Waals surface area (Å²) < 4.78 is 5.93. The third-order valence-electron chi connectivity index (χ3n) is 2.98. The number of ether oxygens (including phenoxy) is 1. The number of nitrogens with zero attached hydrogens (tertiary/aromatic N) is 1. The minimum absolute atomic E-state index is 0.00280. The van der Waals surface area contributed by atoms with Crippen LogP contribution in [0.25, 0.3) is 0 Å². The molecule has 6 nitrogen and oxygen atoms in total. The number of rotatable bonds is 5. The number of amides is 1. The molecule has 0 aromatic carbocycles. The van der Waals surface area contributed by atoms with E-state index in [1.54, 1.807) is 0 Å². The number of carbonyl (C=O) groups excluding carboxylic acids is 2. The quantitative estimate of drug-likeness (QED) is 0.621. The van der Waals surface area contributed by atoms with E-state index < -0.39 is 18.3 Å². The standard InChI is InChI=1S/C12H13BrN2O4/c13-9-4-7(8(17)5-16)10(11(14)18)12(15-9)19-6-2-1-3-6/h4,6,16H,1-3,5H2,(H2,14,18). The number of primary amides is 1. The lowest BCUT2D eigenvalue weighted by Gasteiger charge is -2.26. The van der Waals surface area contributed by atoms with Crippen molar-refractivity contribution in [2.45, 2.75) is 25.4 Å². The predicted molar refractivity (Wildman–Crippen MR) is 70.1 cm³/mol. The zero-order valence-electron chi connectivity index (χ0n) is 10.1. The number of ketones is 1. The van der Waals surface area contributed by atoms with Gasteiger partial charge in [0.2, 0.25) is 5.88 Å². The van der Waals surface area contributed by atoms with Gasteiger partial charge in [-0.15, -0.1) is 0 Å². The van der Waals surface area contributed by atoms with Crippen LogP contribution in [0.1, 0.15) is 40.0 Å². The summed E-state index contributed by atoms with van der Waals surface area (Å²) in [5, 5.41) is 8.94. The fourth-order valence-electron chi connectivity index (χ4n) is 1.77. The van der Waals surface area contributed by atoms with Crippen molar-refractivity contribution in [1.82, 2.24) is 4.98 Å². The minimum Gasteiger partial charge on any atom is -0.474 e. The lowest BCUT2D eigenvalue weighted by Crippen LogP contribution is -2.28. The number of aromatic nitrogens is 1. The maximum Gasteiger partial charge on any atom is 0.254 e. The summed E-state index contributed by atoms with van der Waals surface area (Å²) in [4.78, 5) is 27.2. The van der Waals surface area contributed by atoms with Crippen molar-refractivity contribution >= 4 is 27.6 Å². The largest absolute Gasteiger partial charge is 0.474 e. The normalized spacial score (nSPS) is 14.8. The highest BCUT2D eigenvalue weighted by atomic mass is 79.9. The molecule has 0 aliphatic heterocycles. The second-order valence-corrected chi connectivity index (χ2v) is 5.10. The number of nitrogens with two attached hydrogens (primary N) is 1. The summed E-state index contributed by atoms with van der Waals surface area (Å²) in [7, 11) is 0. The molecular weight excluding hydrogens is 316 g/mol. The molecule has 1 aliphatic carbocycles. The van der Waals surface area contributed by atoms with E-state index in [0.29, 0.717) is 4.60 Å². The van der Waals surface area contributed by atoms with Gasteiger partial charge in [0.25, 0.3) is 5.91 Å². The van der Waals surface area contributed by atoms with Gasteiger partial charge >= 0.3 is 0 Å². The van der Waals surface area contributed by atoms with Crippen LogP contribution in [0.3, 0.4) is 0 Å². The Morgan fingerprint density at radius 3 is 2.68 bits per heavy atom. The average Bonchev–Trinajstić information content (AvgIpc) is 2.31. The highest BCUT2D eigenvalue weighted by Crippen LogP contribution is 2.29.